The fourth-order valence-corrected chi connectivity index (χ4v) is 2.27. The number of nitrogens with one attached hydrogen (secondary N) is 1. The van der Waals surface area contributed by atoms with Crippen LogP contribution in [-0.2, 0) is 9.53 Å². The van der Waals surface area contributed by atoms with Gasteiger partial charge in [-0.05, 0) is 29.8 Å². The number of ether oxygens (including phenoxy) is 2. The minimum Gasteiger partial charge on any atom is -0.496 e. The van der Waals surface area contributed by atoms with Crippen molar-refractivity contribution < 1.29 is 23.5 Å². The van der Waals surface area contributed by atoms with Crippen LogP contribution in [0.4, 0.5) is 4.39 Å². The fraction of sp³-hybridized carbons (Fsp3) is 0.222. The summed E-state index contributed by atoms with van der Waals surface area (Å²) in [6.07, 6.45) is -0.0664. The highest BCUT2D eigenvalue weighted by Crippen LogP contribution is 2.22. The van der Waals surface area contributed by atoms with Gasteiger partial charge in [-0.2, -0.15) is 0 Å². The summed E-state index contributed by atoms with van der Waals surface area (Å²) in [5, 5.41) is 2.77. The summed E-state index contributed by atoms with van der Waals surface area (Å²) in [6, 6.07) is 11.7. The van der Waals surface area contributed by atoms with Gasteiger partial charge in [0.15, 0.2) is 0 Å². The van der Waals surface area contributed by atoms with Gasteiger partial charge in [0.2, 0.25) is 0 Å². The number of carbonyl (C=O) groups excluding carboxylic acids is 2. The number of amides is 1. The third kappa shape index (κ3) is 4.32. The van der Waals surface area contributed by atoms with Crippen molar-refractivity contribution >= 4 is 11.9 Å². The number of hydrogen-bond acceptors (Lipinski definition) is 4. The highest BCUT2D eigenvalue weighted by Gasteiger charge is 2.21. The van der Waals surface area contributed by atoms with E-state index in [1.54, 1.807) is 24.3 Å². The molecule has 2 aromatic carbocycles. The Bertz CT molecular complexity index is 715. The van der Waals surface area contributed by atoms with Crippen LogP contribution in [0.1, 0.15) is 28.4 Å². The molecular formula is C18H18FNO4. The van der Waals surface area contributed by atoms with Crippen molar-refractivity contribution in [3.05, 3.63) is 65.5 Å². The third-order valence-corrected chi connectivity index (χ3v) is 3.53. The highest BCUT2D eigenvalue weighted by molar-refractivity contribution is 5.97. The number of rotatable bonds is 6. The van der Waals surface area contributed by atoms with E-state index in [4.69, 9.17) is 4.74 Å². The lowest BCUT2D eigenvalue weighted by Crippen LogP contribution is -2.30. The van der Waals surface area contributed by atoms with E-state index >= 15 is 0 Å². The minimum absolute atomic E-state index is 0.0664. The van der Waals surface area contributed by atoms with Crippen molar-refractivity contribution in [1.29, 1.82) is 0 Å². The molecule has 24 heavy (non-hydrogen) atoms. The van der Waals surface area contributed by atoms with Gasteiger partial charge in [0.05, 0.1) is 32.2 Å². The molecule has 2 rings (SSSR count). The Labute approximate surface area is 139 Å². The van der Waals surface area contributed by atoms with E-state index in [9.17, 15) is 14.0 Å². The van der Waals surface area contributed by atoms with E-state index in [2.05, 4.69) is 10.1 Å². The molecule has 0 aliphatic heterocycles. The normalized spacial score (nSPS) is 11.5. The lowest BCUT2D eigenvalue weighted by atomic mass is 10.0. The van der Waals surface area contributed by atoms with Crippen LogP contribution in [-0.4, -0.2) is 26.1 Å². The van der Waals surface area contributed by atoms with Gasteiger partial charge >= 0.3 is 5.97 Å². The van der Waals surface area contributed by atoms with Crippen LogP contribution in [0.5, 0.6) is 5.75 Å². The maximum atomic E-state index is 13.1. The lowest BCUT2D eigenvalue weighted by Gasteiger charge is -2.19. The predicted octanol–water partition coefficient (Wildman–Crippen LogP) is 2.87. The first-order chi connectivity index (χ1) is 11.5. The zero-order valence-electron chi connectivity index (χ0n) is 13.4. The molecule has 5 nitrogen and oxygen atoms in total. The molecule has 0 aliphatic carbocycles. The lowest BCUT2D eigenvalue weighted by molar-refractivity contribution is -0.141. The first kappa shape index (κ1) is 17.5. The molecule has 1 atom stereocenters. The van der Waals surface area contributed by atoms with E-state index in [1.165, 1.54) is 38.5 Å². The Morgan fingerprint density at radius 2 is 1.75 bits per heavy atom. The van der Waals surface area contributed by atoms with Crippen LogP contribution >= 0.6 is 0 Å². The Hall–Kier alpha value is -2.89. The number of esters is 1. The molecule has 0 aromatic heterocycles. The third-order valence-electron chi connectivity index (χ3n) is 3.53. The average Bonchev–Trinajstić information content (AvgIpc) is 2.61. The van der Waals surface area contributed by atoms with E-state index < -0.39 is 23.7 Å². The predicted molar refractivity (Wildman–Crippen MR) is 86.2 cm³/mol. The zero-order valence-corrected chi connectivity index (χ0v) is 13.4. The standard InChI is InChI=1S/C18H18FNO4/c1-23-16-6-4-3-5-14(16)18(22)20-15(11-17(21)24-2)12-7-9-13(19)10-8-12/h3-10,15H,11H2,1-2H3,(H,20,22). The van der Waals surface area contributed by atoms with Gasteiger partial charge in [0.1, 0.15) is 11.6 Å². The van der Waals surface area contributed by atoms with Crippen LogP contribution in [0, 0.1) is 5.82 Å². The van der Waals surface area contributed by atoms with Gasteiger partial charge in [-0.25, -0.2) is 4.39 Å². The summed E-state index contributed by atoms with van der Waals surface area (Å²) in [5.74, 6) is -0.854. The van der Waals surface area contributed by atoms with Crippen molar-refractivity contribution in [1.82, 2.24) is 5.32 Å². The summed E-state index contributed by atoms with van der Waals surface area (Å²) in [6.45, 7) is 0. The topological polar surface area (TPSA) is 64.6 Å². The average molecular weight is 331 g/mol. The molecule has 0 radical (unpaired) electrons. The molecule has 1 unspecified atom stereocenters. The molecule has 0 fully saturated rings. The molecule has 0 spiro atoms. The summed E-state index contributed by atoms with van der Waals surface area (Å²) < 4.78 is 22.9. The Balaban J connectivity index is 2.25. The Morgan fingerprint density at radius 3 is 2.38 bits per heavy atom. The zero-order chi connectivity index (χ0) is 17.5. The molecule has 0 aliphatic rings. The van der Waals surface area contributed by atoms with E-state index in [-0.39, 0.29) is 6.42 Å². The molecule has 0 heterocycles. The van der Waals surface area contributed by atoms with Crippen LogP contribution in [0.25, 0.3) is 0 Å². The van der Waals surface area contributed by atoms with E-state index in [0.29, 0.717) is 16.9 Å². The maximum absolute atomic E-state index is 13.1. The molecule has 1 amide bonds. The van der Waals surface area contributed by atoms with Crippen LogP contribution in [0.3, 0.4) is 0 Å². The first-order valence-corrected chi connectivity index (χ1v) is 7.31. The van der Waals surface area contributed by atoms with Crippen molar-refractivity contribution in [2.24, 2.45) is 0 Å². The van der Waals surface area contributed by atoms with Crippen molar-refractivity contribution in [2.45, 2.75) is 12.5 Å². The van der Waals surface area contributed by atoms with Crippen molar-refractivity contribution in [3.8, 4) is 5.75 Å². The summed E-state index contributed by atoms with van der Waals surface area (Å²) in [5.41, 5.74) is 0.946. The van der Waals surface area contributed by atoms with Crippen LogP contribution in [0.15, 0.2) is 48.5 Å². The second kappa shape index (κ2) is 8.10. The van der Waals surface area contributed by atoms with Gasteiger partial charge in [0, 0.05) is 0 Å². The van der Waals surface area contributed by atoms with Gasteiger partial charge in [-0.1, -0.05) is 24.3 Å². The molecule has 0 saturated heterocycles. The second-order valence-electron chi connectivity index (χ2n) is 5.06. The van der Waals surface area contributed by atoms with Crippen LogP contribution < -0.4 is 10.1 Å². The fourth-order valence-electron chi connectivity index (χ4n) is 2.27. The van der Waals surface area contributed by atoms with Crippen molar-refractivity contribution in [2.75, 3.05) is 14.2 Å². The number of methoxy groups -OCH3 is 2. The molecule has 1 N–H and O–H groups in total. The Morgan fingerprint density at radius 1 is 1.08 bits per heavy atom. The smallest absolute Gasteiger partial charge is 0.307 e. The molecule has 6 heteroatoms. The Kier molecular flexibility index (Phi) is 5.89. The van der Waals surface area contributed by atoms with Gasteiger partial charge in [-0.3, -0.25) is 9.59 Å². The number of carbonyl (C=O) groups is 2. The minimum atomic E-state index is -0.643. The second-order valence-corrected chi connectivity index (χ2v) is 5.06. The molecule has 0 saturated carbocycles. The van der Waals surface area contributed by atoms with Crippen LogP contribution in [0.2, 0.25) is 0 Å². The molecule has 126 valence electrons. The molecule has 2 aromatic rings. The molecular weight excluding hydrogens is 313 g/mol. The summed E-state index contributed by atoms with van der Waals surface area (Å²) in [7, 11) is 2.74. The molecule has 0 bridgehead atoms. The van der Waals surface area contributed by atoms with E-state index in [0.717, 1.165) is 0 Å². The maximum Gasteiger partial charge on any atom is 0.307 e. The van der Waals surface area contributed by atoms with Gasteiger partial charge in [0.25, 0.3) is 5.91 Å². The van der Waals surface area contributed by atoms with E-state index in [1.807, 2.05) is 0 Å². The number of benzene rings is 2. The highest BCUT2D eigenvalue weighted by atomic mass is 19.1. The van der Waals surface area contributed by atoms with Gasteiger partial charge in [-0.15, -0.1) is 0 Å². The number of hydrogen-bond donors (Lipinski definition) is 1. The largest absolute Gasteiger partial charge is 0.496 e. The number of para-hydroxylation sites is 1. The number of halogens is 1. The van der Waals surface area contributed by atoms with Crippen molar-refractivity contribution in [3.63, 3.8) is 0 Å². The summed E-state index contributed by atoms with van der Waals surface area (Å²) >= 11 is 0. The quantitative estimate of drug-likeness (QED) is 0.827. The first-order valence-electron chi connectivity index (χ1n) is 7.31. The SMILES string of the molecule is COC(=O)CC(NC(=O)c1ccccc1OC)c1ccc(F)cc1. The van der Waals surface area contributed by atoms with Gasteiger partial charge < -0.3 is 14.8 Å². The monoisotopic (exact) mass is 331 g/mol. The summed E-state index contributed by atoms with van der Waals surface area (Å²) in [4.78, 5) is 24.2.